The Morgan fingerprint density at radius 2 is 2.00 bits per heavy atom. The lowest BCUT2D eigenvalue weighted by molar-refractivity contribution is -0.122. The van der Waals surface area contributed by atoms with Gasteiger partial charge in [0, 0.05) is 21.8 Å². The number of benzene rings is 1. The Labute approximate surface area is 127 Å². The molecule has 6 heteroatoms. The standard InChI is InChI=1S/C13H18BrN3OS/c1-7(2)16-13(18)8(3)17-10-6-4-5-9(14)11(10)12(15)19/h4-8,17H,1-3H3,(H2,15,19)(H,16,18). The molecule has 4 nitrogen and oxygen atoms in total. The van der Waals surface area contributed by atoms with Gasteiger partial charge in [0.05, 0.1) is 0 Å². The molecule has 0 fully saturated rings. The van der Waals surface area contributed by atoms with E-state index in [0.717, 1.165) is 10.2 Å². The molecule has 1 rings (SSSR count). The van der Waals surface area contributed by atoms with Crippen LogP contribution in [0, 0.1) is 0 Å². The monoisotopic (exact) mass is 343 g/mol. The summed E-state index contributed by atoms with van der Waals surface area (Å²) < 4.78 is 0.807. The number of rotatable bonds is 5. The van der Waals surface area contributed by atoms with E-state index in [9.17, 15) is 4.79 Å². The first-order chi connectivity index (χ1) is 8.82. The van der Waals surface area contributed by atoms with Crippen molar-refractivity contribution in [2.45, 2.75) is 32.9 Å². The van der Waals surface area contributed by atoms with Gasteiger partial charge in [0.25, 0.3) is 0 Å². The summed E-state index contributed by atoms with van der Waals surface area (Å²) in [6, 6.07) is 5.30. The molecular formula is C13H18BrN3OS. The molecule has 0 saturated carbocycles. The zero-order valence-electron chi connectivity index (χ0n) is 11.2. The maximum Gasteiger partial charge on any atom is 0.242 e. The lowest BCUT2D eigenvalue weighted by Crippen LogP contribution is -2.41. The van der Waals surface area contributed by atoms with Gasteiger partial charge in [-0.2, -0.15) is 0 Å². The number of halogens is 1. The molecule has 0 spiro atoms. The first kappa shape index (κ1) is 15.9. The van der Waals surface area contributed by atoms with Crippen LogP contribution >= 0.6 is 28.1 Å². The second kappa shape index (κ2) is 6.86. The fourth-order valence-electron chi connectivity index (χ4n) is 1.60. The second-order valence-corrected chi connectivity index (χ2v) is 5.85. The van der Waals surface area contributed by atoms with Gasteiger partial charge in [-0.3, -0.25) is 4.79 Å². The van der Waals surface area contributed by atoms with Crippen LogP contribution in [0.1, 0.15) is 26.3 Å². The van der Waals surface area contributed by atoms with Crippen molar-refractivity contribution in [1.29, 1.82) is 0 Å². The average Bonchev–Trinajstić information content (AvgIpc) is 2.27. The Kier molecular flexibility index (Phi) is 5.75. The summed E-state index contributed by atoms with van der Waals surface area (Å²) >= 11 is 8.44. The van der Waals surface area contributed by atoms with Crippen LogP contribution < -0.4 is 16.4 Å². The van der Waals surface area contributed by atoms with Crippen molar-refractivity contribution in [1.82, 2.24) is 5.32 Å². The highest BCUT2D eigenvalue weighted by Gasteiger charge is 2.16. The number of hydrogen-bond donors (Lipinski definition) is 3. The van der Waals surface area contributed by atoms with Crippen molar-refractivity contribution in [3.05, 3.63) is 28.2 Å². The molecule has 4 N–H and O–H groups in total. The molecule has 0 aromatic heterocycles. The molecule has 1 atom stereocenters. The van der Waals surface area contributed by atoms with E-state index in [1.807, 2.05) is 32.0 Å². The Morgan fingerprint density at radius 3 is 2.53 bits per heavy atom. The van der Waals surface area contributed by atoms with E-state index in [1.54, 1.807) is 6.92 Å². The molecular weight excluding hydrogens is 326 g/mol. The van der Waals surface area contributed by atoms with Gasteiger partial charge < -0.3 is 16.4 Å². The van der Waals surface area contributed by atoms with E-state index in [0.29, 0.717) is 5.56 Å². The highest BCUT2D eigenvalue weighted by Crippen LogP contribution is 2.25. The third kappa shape index (κ3) is 4.47. The highest BCUT2D eigenvalue weighted by molar-refractivity contribution is 9.10. The van der Waals surface area contributed by atoms with Gasteiger partial charge in [-0.05, 0) is 48.8 Å². The van der Waals surface area contributed by atoms with Crippen molar-refractivity contribution in [3.63, 3.8) is 0 Å². The largest absolute Gasteiger partial charge is 0.389 e. The third-order valence-corrected chi connectivity index (χ3v) is 3.32. The second-order valence-electron chi connectivity index (χ2n) is 4.56. The average molecular weight is 344 g/mol. The topological polar surface area (TPSA) is 67.2 Å². The molecule has 0 aliphatic carbocycles. The quantitative estimate of drug-likeness (QED) is 0.718. The summed E-state index contributed by atoms with van der Waals surface area (Å²) in [5, 5.41) is 5.98. The Morgan fingerprint density at radius 1 is 1.37 bits per heavy atom. The molecule has 1 aromatic carbocycles. The smallest absolute Gasteiger partial charge is 0.242 e. The molecule has 1 aromatic rings. The maximum absolute atomic E-state index is 11.9. The van der Waals surface area contributed by atoms with E-state index in [-0.39, 0.29) is 23.0 Å². The third-order valence-electron chi connectivity index (χ3n) is 2.46. The molecule has 0 aliphatic rings. The van der Waals surface area contributed by atoms with Gasteiger partial charge in [0.15, 0.2) is 0 Å². The van der Waals surface area contributed by atoms with Crippen molar-refractivity contribution in [2.24, 2.45) is 5.73 Å². The molecule has 0 aliphatic heterocycles. The summed E-state index contributed by atoms with van der Waals surface area (Å²) in [6.07, 6.45) is 0. The summed E-state index contributed by atoms with van der Waals surface area (Å²) in [6.45, 7) is 5.64. The van der Waals surface area contributed by atoms with Crippen LogP contribution in [-0.4, -0.2) is 23.0 Å². The van der Waals surface area contributed by atoms with Crippen LogP contribution in [0.25, 0.3) is 0 Å². The van der Waals surface area contributed by atoms with Gasteiger partial charge in [0.1, 0.15) is 11.0 Å². The molecule has 0 saturated heterocycles. The van der Waals surface area contributed by atoms with Gasteiger partial charge in [0.2, 0.25) is 5.91 Å². The van der Waals surface area contributed by atoms with Crippen LogP contribution in [0.15, 0.2) is 22.7 Å². The molecule has 1 amide bonds. The number of hydrogen-bond acceptors (Lipinski definition) is 3. The Hall–Kier alpha value is -1.14. The predicted octanol–water partition coefficient (Wildman–Crippen LogP) is 2.41. The molecule has 0 heterocycles. The van der Waals surface area contributed by atoms with Crippen LogP contribution in [-0.2, 0) is 4.79 Å². The zero-order valence-corrected chi connectivity index (χ0v) is 13.6. The molecule has 104 valence electrons. The van der Waals surface area contributed by atoms with E-state index in [4.69, 9.17) is 18.0 Å². The maximum atomic E-state index is 11.9. The summed E-state index contributed by atoms with van der Waals surface area (Å²) in [7, 11) is 0. The number of nitrogens with one attached hydrogen (secondary N) is 2. The molecule has 0 radical (unpaired) electrons. The van der Waals surface area contributed by atoms with E-state index in [1.165, 1.54) is 0 Å². The lowest BCUT2D eigenvalue weighted by atomic mass is 10.1. The number of thiocarbonyl (C=S) groups is 1. The number of carbonyl (C=O) groups excluding carboxylic acids is 1. The number of carbonyl (C=O) groups is 1. The van der Waals surface area contributed by atoms with Crippen molar-refractivity contribution >= 4 is 44.7 Å². The fraction of sp³-hybridized carbons (Fsp3) is 0.385. The minimum atomic E-state index is -0.371. The van der Waals surface area contributed by atoms with E-state index < -0.39 is 0 Å². The first-order valence-corrected chi connectivity index (χ1v) is 7.18. The zero-order chi connectivity index (χ0) is 14.6. The van der Waals surface area contributed by atoms with Crippen LogP contribution in [0.4, 0.5) is 5.69 Å². The van der Waals surface area contributed by atoms with Gasteiger partial charge in [-0.15, -0.1) is 0 Å². The van der Waals surface area contributed by atoms with Crippen molar-refractivity contribution in [3.8, 4) is 0 Å². The first-order valence-electron chi connectivity index (χ1n) is 5.98. The van der Waals surface area contributed by atoms with Crippen molar-refractivity contribution < 1.29 is 4.79 Å². The Bertz CT molecular complexity index is 491. The van der Waals surface area contributed by atoms with Gasteiger partial charge >= 0.3 is 0 Å². The minimum absolute atomic E-state index is 0.0659. The molecule has 0 bridgehead atoms. The van der Waals surface area contributed by atoms with E-state index >= 15 is 0 Å². The van der Waals surface area contributed by atoms with Gasteiger partial charge in [-0.1, -0.05) is 18.3 Å². The number of amides is 1. The Balaban J connectivity index is 2.91. The minimum Gasteiger partial charge on any atom is -0.389 e. The number of anilines is 1. The fourth-order valence-corrected chi connectivity index (χ4v) is 2.53. The van der Waals surface area contributed by atoms with E-state index in [2.05, 4.69) is 26.6 Å². The highest BCUT2D eigenvalue weighted by atomic mass is 79.9. The number of nitrogens with two attached hydrogens (primary N) is 1. The summed E-state index contributed by atoms with van der Waals surface area (Å²) in [5.74, 6) is -0.0659. The predicted molar refractivity (Wildman–Crippen MR) is 86.4 cm³/mol. The normalized spacial score (nSPS) is 12.1. The van der Waals surface area contributed by atoms with Crippen LogP contribution in [0.3, 0.4) is 0 Å². The van der Waals surface area contributed by atoms with Gasteiger partial charge in [-0.25, -0.2) is 0 Å². The van der Waals surface area contributed by atoms with Crippen LogP contribution in [0.5, 0.6) is 0 Å². The van der Waals surface area contributed by atoms with Crippen molar-refractivity contribution in [2.75, 3.05) is 5.32 Å². The lowest BCUT2D eigenvalue weighted by Gasteiger charge is -2.19. The summed E-state index contributed by atoms with van der Waals surface area (Å²) in [5.41, 5.74) is 7.16. The summed E-state index contributed by atoms with van der Waals surface area (Å²) in [4.78, 5) is 12.2. The molecule has 19 heavy (non-hydrogen) atoms. The molecule has 1 unspecified atom stereocenters. The van der Waals surface area contributed by atoms with Crippen LogP contribution in [0.2, 0.25) is 0 Å². The SMILES string of the molecule is CC(C)NC(=O)C(C)Nc1cccc(Br)c1C(N)=S.